The molecule has 2 N–H and O–H groups in total. The first-order valence-corrected chi connectivity index (χ1v) is 9.86. The Morgan fingerprint density at radius 2 is 1.94 bits per heavy atom. The van der Waals surface area contributed by atoms with Crippen molar-refractivity contribution in [2.75, 3.05) is 13.8 Å². The Bertz CT molecular complexity index is 1100. The van der Waals surface area contributed by atoms with Crippen LogP contribution in [0.4, 0.5) is 10.5 Å². The average Bonchev–Trinajstić information content (AvgIpc) is 3.15. The summed E-state index contributed by atoms with van der Waals surface area (Å²) in [5.41, 5.74) is 2.95. The van der Waals surface area contributed by atoms with Crippen LogP contribution in [0.3, 0.4) is 0 Å². The van der Waals surface area contributed by atoms with Gasteiger partial charge < -0.3 is 14.8 Å². The molecule has 31 heavy (non-hydrogen) atoms. The lowest BCUT2D eigenvalue weighted by atomic mass is 9.94. The standard InChI is InChI=1S/C20H19N5O5S/c1-11-7-13-8-16-17(30-10-29-16)9-15(13)18(12-3-5-14(6-4-12)25(27)28)23-24(11)20(31)22-19(26)21-2/h3-6,8-9,11H,7,10H2,1-2H3,(H2,21,22,26,31)/t11-/m1/s1. The fourth-order valence-electron chi connectivity index (χ4n) is 3.46. The van der Waals surface area contributed by atoms with E-state index in [1.54, 1.807) is 17.1 Å². The van der Waals surface area contributed by atoms with Crippen molar-refractivity contribution in [3.05, 3.63) is 63.2 Å². The molecule has 0 spiro atoms. The van der Waals surface area contributed by atoms with Gasteiger partial charge in [0.05, 0.1) is 16.7 Å². The highest BCUT2D eigenvalue weighted by Gasteiger charge is 2.29. The van der Waals surface area contributed by atoms with Crippen molar-refractivity contribution in [2.45, 2.75) is 19.4 Å². The van der Waals surface area contributed by atoms with Crippen molar-refractivity contribution in [1.29, 1.82) is 0 Å². The third-order valence-corrected chi connectivity index (χ3v) is 5.29. The highest BCUT2D eigenvalue weighted by Crippen LogP contribution is 2.37. The Labute approximate surface area is 183 Å². The molecule has 2 aliphatic rings. The second-order valence-corrected chi connectivity index (χ2v) is 7.41. The average molecular weight is 441 g/mol. The number of carbonyl (C=O) groups is 1. The molecular formula is C20H19N5O5S. The summed E-state index contributed by atoms with van der Waals surface area (Å²) in [6, 6.07) is 9.24. The van der Waals surface area contributed by atoms with Crippen molar-refractivity contribution in [2.24, 2.45) is 5.10 Å². The molecule has 0 unspecified atom stereocenters. The maximum Gasteiger partial charge on any atom is 0.320 e. The van der Waals surface area contributed by atoms with Crippen LogP contribution in [0.15, 0.2) is 41.5 Å². The number of thiocarbonyl (C=S) groups is 1. The summed E-state index contributed by atoms with van der Waals surface area (Å²) in [6.07, 6.45) is 0.571. The van der Waals surface area contributed by atoms with Crippen LogP contribution in [0, 0.1) is 10.1 Å². The summed E-state index contributed by atoms with van der Waals surface area (Å²) in [6.45, 7) is 2.08. The predicted molar refractivity (Wildman–Crippen MR) is 116 cm³/mol. The number of ether oxygens (including phenoxy) is 2. The normalized spacial score (nSPS) is 16.6. The molecule has 160 valence electrons. The molecule has 2 amide bonds. The van der Waals surface area contributed by atoms with E-state index in [-0.39, 0.29) is 23.6 Å². The van der Waals surface area contributed by atoms with Gasteiger partial charge in [0.15, 0.2) is 16.6 Å². The Balaban J connectivity index is 1.83. The molecule has 4 rings (SSSR count). The monoisotopic (exact) mass is 441 g/mol. The number of fused-ring (bicyclic) bond motifs is 2. The lowest BCUT2D eigenvalue weighted by Crippen LogP contribution is -2.47. The molecular weight excluding hydrogens is 422 g/mol. The van der Waals surface area contributed by atoms with Crippen molar-refractivity contribution >= 4 is 34.8 Å². The Hall–Kier alpha value is -3.73. The molecule has 1 atom stereocenters. The minimum Gasteiger partial charge on any atom is -0.454 e. The predicted octanol–water partition coefficient (Wildman–Crippen LogP) is 2.54. The van der Waals surface area contributed by atoms with Crippen molar-refractivity contribution in [3.63, 3.8) is 0 Å². The minimum atomic E-state index is -0.457. The van der Waals surface area contributed by atoms with E-state index in [1.165, 1.54) is 19.2 Å². The number of non-ortho nitro benzene ring substituents is 1. The lowest BCUT2D eigenvalue weighted by molar-refractivity contribution is -0.384. The zero-order valence-electron chi connectivity index (χ0n) is 16.7. The molecule has 0 fully saturated rings. The number of urea groups is 1. The van der Waals surface area contributed by atoms with E-state index in [1.807, 2.05) is 19.1 Å². The lowest BCUT2D eigenvalue weighted by Gasteiger charge is -2.25. The van der Waals surface area contributed by atoms with Crippen LogP contribution < -0.4 is 20.1 Å². The Morgan fingerprint density at radius 1 is 1.26 bits per heavy atom. The van der Waals surface area contributed by atoms with E-state index < -0.39 is 11.0 Å². The van der Waals surface area contributed by atoms with E-state index in [2.05, 4.69) is 10.6 Å². The first-order valence-electron chi connectivity index (χ1n) is 9.45. The maximum absolute atomic E-state index is 11.8. The summed E-state index contributed by atoms with van der Waals surface area (Å²) >= 11 is 5.42. The first kappa shape index (κ1) is 20.5. The molecule has 0 aromatic heterocycles. The van der Waals surface area contributed by atoms with E-state index in [0.29, 0.717) is 29.2 Å². The minimum absolute atomic E-state index is 0.0223. The van der Waals surface area contributed by atoms with Crippen molar-refractivity contribution < 1.29 is 19.2 Å². The zero-order valence-corrected chi connectivity index (χ0v) is 17.6. The number of nitrogens with zero attached hydrogens (tertiary/aromatic N) is 3. The number of rotatable bonds is 2. The number of carbonyl (C=O) groups excluding carboxylic acids is 1. The smallest absolute Gasteiger partial charge is 0.320 e. The highest BCUT2D eigenvalue weighted by atomic mass is 32.1. The number of nitro groups is 1. The summed E-state index contributed by atoms with van der Waals surface area (Å²) in [5, 5.41) is 22.6. The van der Waals surface area contributed by atoms with Crippen LogP contribution in [0.2, 0.25) is 0 Å². The van der Waals surface area contributed by atoms with E-state index in [4.69, 9.17) is 26.8 Å². The Kier molecular flexibility index (Phi) is 5.42. The van der Waals surface area contributed by atoms with Crippen LogP contribution in [-0.4, -0.2) is 46.7 Å². The first-order chi connectivity index (χ1) is 14.9. The molecule has 0 saturated heterocycles. The summed E-state index contributed by atoms with van der Waals surface area (Å²) < 4.78 is 11.1. The van der Waals surface area contributed by atoms with Crippen LogP contribution in [-0.2, 0) is 6.42 Å². The van der Waals surface area contributed by atoms with Gasteiger partial charge in [-0.15, -0.1) is 0 Å². The molecule has 2 aromatic rings. The summed E-state index contributed by atoms with van der Waals surface area (Å²) in [7, 11) is 1.49. The number of benzene rings is 2. The molecule has 11 heteroatoms. The van der Waals surface area contributed by atoms with Gasteiger partial charge in [0.2, 0.25) is 6.79 Å². The van der Waals surface area contributed by atoms with Gasteiger partial charge in [0.25, 0.3) is 5.69 Å². The topological polar surface area (TPSA) is 118 Å². The van der Waals surface area contributed by atoms with E-state index in [0.717, 1.165) is 11.1 Å². The fraction of sp³-hybridized carbons (Fsp3) is 0.250. The Morgan fingerprint density at radius 3 is 2.58 bits per heavy atom. The van der Waals surface area contributed by atoms with Gasteiger partial charge in [-0.1, -0.05) is 0 Å². The quantitative estimate of drug-likeness (QED) is 0.418. The van der Waals surface area contributed by atoms with Gasteiger partial charge in [0.1, 0.15) is 0 Å². The van der Waals surface area contributed by atoms with Gasteiger partial charge in [-0.05, 0) is 55.4 Å². The van der Waals surface area contributed by atoms with Crippen molar-refractivity contribution in [1.82, 2.24) is 15.6 Å². The zero-order chi connectivity index (χ0) is 22.1. The molecule has 0 bridgehead atoms. The van der Waals surface area contributed by atoms with Gasteiger partial charge in [0, 0.05) is 30.3 Å². The number of nitro benzene ring substituents is 1. The van der Waals surface area contributed by atoms with Gasteiger partial charge >= 0.3 is 6.03 Å². The molecule has 2 aliphatic heterocycles. The van der Waals surface area contributed by atoms with E-state index in [9.17, 15) is 14.9 Å². The van der Waals surface area contributed by atoms with Gasteiger partial charge in [-0.25, -0.2) is 9.80 Å². The number of nitrogens with one attached hydrogen (secondary N) is 2. The third kappa shape index (κ3) is 3.99. The molecule has 0 radical (unpaired) electrons. The summed E-state index contributed by atoms with van der Waals surface area (Å²) in [5.74, 6) is 1.24. The summed E-state index contributed by atoms with van der Waals surface area (Å²) in [4.78, 5) is 22.4. The van der Waals surface area contributed by atoms with Gasteiger partial charge in [-0.2, -0.15) is 5.10 Å². The largest absolute Gasteiger partial charge is 0.454 e. The highest BCUT2D eigenvalue weighted by molar-refractivity contribution is 7.80. The van der Waals surface area contributed by atoms with Crippen LogP contribution >= 0.6 is 12.2 Å². The molecule has 2 aromatic carbocycles. The molecule has 0 aliphatic carbocycles. The number of hydrogen-bond donors (Lipinski definition) is 2. The second-order valence-electron chi connectivity index (χ2n) is 7.02. The number of hydrogen-bond acceptors (Lipinski definition) is 7. The molecule has 2 heterocycles. The molecule has 10 nitrogen and oxygen atoms in total. The number of hydrazone groups is 1. The fourth-order valence-corrected chi connectivity index (χ4v) is 3.77. The van der Waals surface area contributed by atoms with Crippen LogP contribution in [0.5, 0.6) is 11.5 Å². The molecule has 0 saturated carbocycles. The maximum atomic E-state index is 11.8. The second kappa shape index (κ2) is 8.19. The van der Waals surface area contributed by atoms with E-state index >= 15 is 0 Å². The van der Waals surface area contributed by atoms with Crippen LogP contribution in [0.25, 0.3) is 0 Å². The van der Waals surface area contributed by atoms with Crippen LogP contribution in [0.1, 0.15) is 23.6 Å². The SMILES string of the molecule is CNC(=O)NC(=S)N1N=C(c2ccc([N+](=O)[O-])cc2)c2cc3c(cc2C[C@H]1C)OCO3. The van der Waals surface area contributed by atoms with Gasteiger partial charge in [-0.3, -0.25) is 15.4 Å². The number of amides is 2. The third-order valence-electron chi connectivity index (χ3n) is 5.00. The van der Waals surface area contributed by atoms with Crippen molar-refractivity contribution in [3.8, 4) is 11.5 Å².